The highest BCUT2D eigenvalue weighted by Crippen LogP contribution is 2.35. The van der Waals surface area contributed by atoms with Crippen LogP contribution in [0.25, 0.3) is 0 Å². The molecule has 1 aromatic heterocycles. The van der Waals surface area contributed by atoms with Crippen molar-refractivity contribution in [3.05, 3.63) is 22.9 Å². The number of carbonyl (C=O) groups is 1. The zero-order chi connectivity index (χ0) is 14.8. The topological polar surface area (TPSA) is 39.2 Å². The normalized spacial score (nSPS) is 12.4. The number of aromatic nitrogens is 1. The van der Waals surface area contributed by atoms with E-state index < -0.39 is 35.2 Å². The maximum Gasteiger partial charge on any atom is 0.574 e. The molecule has 0 aliphatic heterocycles. The Morgan fingerprint density at radius 1 is 1.26 bits per heavy atom. The summed E-state index contributed by atoms with van der Waals surface area (Å²) in [5.74, 6) is -1.28. The van der Waals surface area contributed by atoms with E-state index in [1.807, 2.05) is 0 Å². The molecule has 0 aromatic carbocycles. The Balaban J connectivity index is 3.43. The van der Waals surface area contributed by atoms with Crippen molar-refractivity contribution in [3.63, 3.8) is 0 Å². The van der Waals surface area contributed by atoms with Crippen molar-refractivity contribution in [1.82, 2.24) is 4.98 Å². The molecule has 1 heterocycles. The molecular weight excluding hydrogens is 348 g/mol. The van der Waals surface area contributed by atoms with Gasteiger partial charge in [0.1, 0.15) is 0 Å². The summed E-state index contributed by atoms with van der Waals surface area (Å²) in [6.07, 6.45) is -10.3. The number of pyridine rings is 1. The van der Waals surface area contributed by atoms with E-state index in [1.165, 1.54) is 0 Å². The minimum absolute atomic E-state index is 0.0311. The second kappa shape index (κ2) is 5.35. The summed E-state index contributed by atoms with van der Waals surface area (Å²) < 4.78 is 77.1. The highest BCUT2D eigenvalue weighted by atomic mass is 79.9. The lowest BCUT2D eigenvalue weighted by atomic mass is 10.1. The molecule has 0 N–H and O–H groups in total. The average Bonchev–Trinajstić information content (AvgIpc) is 2.24. The fourth-order valence-electron chi connectivity index (χ4n) is 1.22. The SMILES string of the molecule is O=Cc1c(C(F)(F)F)cc(OC(F)(F)F)nc1CBr. The van der Waals surface area contributed by atoms with Gasteiger partial charge in [0.2, 0.25) is 5.88 Å². The molecule has 0 radical (unpaired) electrons. The summed E-state index contributed by atoms with van der Waals surface area (Å²) in [7, 11) is 0. The second-order valence-corrected chi connectivity index (χ2v) is 3.73. The summed E-state index contributed by atoms with van der Waals surface area (Å²) in [4.78, 5) is 13.8. The molecule has 0 fully saturated rings. The lowest BCUT2D eigenvalue weighted by molar-refractivity contribution is -0.276. The van der Waals surface area contributed by atoms with E-state index in [2.05, 4.69) is 25.7 Å². The number of hydrogen-bond acceptors (Lipinski definition) is 3. The number of carbonyl (C=O) groups excluding carboxylic acids is 1. The van der Waals surface area contributed by atoms with Crippen LogP contribution in [0, 0.1) is 0 Å². The molecule has 0 saturated heterocycles. The van der Waals surface area contributed by atoms with E-state index >= 15 is 0 Å². The van der Waals surface area contributed by atoms with Crippen molar-refractivity contribution >= 4 is 22.2 Å². The third-order valence-electron chi connectivity index (χ3n) is 1.88. The molecule has 10 heteroatoms. The van der Waals surface area contributed by atoms with Crippen LogP contribution in [-0.4, -0.2) is 17.6 Å². The van der Waals surface area contributed by atoms with Gasteiger partial charge in [-0.3, -0.25) is 4.79 Å². The van der Waals surface area contributed by atoms with Gasteiger partial charge in [-0.05, 0) is 0 Å². The van der Waals surface area contributed by atoms with Crippen LogP contribution in [0.3, 0.4) is 0 Å². The quantitative estimate of drug-likeness (QED) is 0.473. The third kappa shape index (κ3) is 4.08. The largest absolute Gasteiger partial charge is 0.574 e. The lowest BCUT2D eigenvalue weighted by Gasteiger charge is -2.15. The molecule has 1 rings (SSSR count). The smallest absolute Gasteiger partial charge is 0.388 e. The van der Waals surface area contributed by atoms with Gasteiger partial charge in [0.25, 0.3) is 0 Å². The van der Waals surface area contributed by atoms with Crippen LogP contribution in [0.2, 0.25) is 0 Å². The molecule has 1 aromatic rings. The Bertz CT molecular complexity index is 485. The molecule has 0 aliphatic carbocycles. The molecule has 0 amide bonds. The number of ether oxygens (including phenoxy) is 1. The minimum atomic E-state index is -5.18. The molecule has 0 spiro atoms. The highest BCUT2D eigenvalue weighted by molar-refractivity contribution is 9.08. The number of hydrogen-bond donors (Lipinski definition) is 0. The summed E-state index contributed by atoms with van der Waals surface area (Å²) in [6, 6.07) is 0.0311. The summed E-state index contributed by atoms with van der Waals surface area (Å²) >= 11 is 2.74. The maximum absolute atomic E-state index is 12.6. The lowest BCUT2D eigenvalue weighted by Crippen LogP contribution is -2.20. The van der Waals surface area contributed by atoms with Gasteiger partial charge in [0, 0.05) is 17.0 Å². The van der Waals surface area contributed by atoms with Crippen LogP contribution in [-0.2, 0) is 11.5 Å². The van der Waals surface area contributed by atoms with Crippen LogP contribution >= 0.6 is 15.9 Å². The fraction of sp³-hybridized carbons (Fsp3) is 0.333. The Morgan fingerprint density at radius 3 is 2.21 bits per heavy atom. The molecule has 0 bridgehead atoms. The van der Waals surface area contributed by atoms with E-state index in [-0.39, 0.29) is 17.7 Å². The average molecular weight is 352 g/mol. The van der Waals surface area contributed by atoms with Crippen molar-refractivity contribution in [1.29, 1.82) is 0 Å². The molecule has 0 saturated carbocycles. The van der Waals surface area contributed by atoms with Gasteiger partial charge in [0.15, 0.2) is 6.29 Å². The summed E-state index contributed by atoms with van der Waals surface area (Å²) in [5, 5.41) is -0.334. The molecule has 0 unspecified atom stereocenters. The molecule has 0 atom stereocenters. The van der Waals surface area contributed by atoms with Crippen molar-refractivity contribution < 1.29 is 35.9 Å². The predicted octanol–water partition coefficient (Wildman–Crippen LogP) is 3.71. The Hall–Kier alpha value is -1.32. The van der Waals surface area contributed by atoms with E-state index in [9.17, 15) is 31.1 Å². The molecular formula is C9H4BrF6NO2. The first-order valence-electron chi connectivity index (χ1n) is 4.46. The third-order valence-corrected chi connectivity index (χ3v) is 2.42. The van der Waals surface area contributed by atoms with Crippen molar-refractivity contribution in [2.45, 2.75) is 17.9 Å². The van der Waals surface area contributed by atoms with Crippen LogP contribution in [0.4, 0.5) is 26.3 Å². The Kier molecular flexibility index (Phi) is 4.43. The van der Waals surface area contributed by atoms with Gasteiger partial charge >= 0.3 is 12.5 Å². The zero-order valence-corrected chi connectivity index (χ0v) is 10.4. The van der Waals surface area contributed by atoms with Gasteiger partial charge in [-0.2, -0.15) is 13.2 Å². The van der Waals surface area contributed by atoms with Crippen LogP contribution in [0.5, 0.6) is 5.88 Å². The number of nitrogens with zero attached hydrogens (tertiary/aromatic N) is 1. The second-order valence-electron chi connectivity index (χ2n) is 3.17. The molecule has 106 valence electrons. The van der Waals surface area contributed by atoms with Gasteiger partial charge < -0.3 is 4.74 Å². The van der Waals surface area contributed by atoms with Gasteiger partial charge in [0.05, 0.1) is 11.3 Å². The van der Waals surface area contributed by atoms with E-state index in [0.29, 0.717) is 0 Å². The van der Waals surface area contributed by atoms with Crippen molar-refractivity contribution in [2.24, 2.45) is 0 Å². The van der Waals surface area contributed by atoms with E-state index in [0.717, 1.165) is 0 Å². The first-order chi connectivity index (χ1) is 8.58. The van der Waals surface area contributed by atoms with Crippen LogP contribution in [0.1, 0.15) is 21.6 Å². The number of rotatable bonds is 3. The van der Waals surface area contributed by atoms with Crippen LogP contribution < -0.4 is 4.74 Å². The number of aldehydes is 1. The summed E-state index contributed by atoms with van der Waals surface area (Å²) in [5.41, 5.74) is -2.87. The predicted molar refractivity (Wildman–Crippen MR) is 53.9 cm³/mol. The molecule has 19 heavy (non-hydrogen) atoms. The Labute approximate surface area is 110 Å². The number of halogens is 7. The first-order valence-corrected chi connectivity index (χ1v) is 5.58. The summed E-state index contributed by atoms with van der Waals surface area (Å²) in [6.45, 7) is 0. The van der Waals surface area contributed by atoms with Gasteiger partial charge in [-0.25, -0.2) is 4.98 Å². The molecule has 3 nitrogen and oxygen atoms in total. The van der Waals surface area contributed by atoms with E-state index in [4.69, 9.17) is 0 Å². The maximum atomic E-state index is 12.6. The van der Waals surface area contributed by atoms with Crippen LogP contribution in [0.15, 0.2) is 6.07 Å². The van der Waals surface area contributed by atoms with E-state index in [1.54, 1.807) is 0 Å². The standard InChI is InChI=1S/C9H4BrF6NO2/c10-2-6-4(3-18)5(8(11,12)13)1-7(17-6)19-9(14,15)16/h1,3H,2H2. The minimum Gasteiger partial charge on any atom is -0.388 e. The van der Waals surface area contributed by atoms with Gasteiger partial charge in [-0.15, -0.1) is 13.2 Å². The first kappa shape index (κ1) is 15.7. The number of alkyl halides is 7. The van der Waals surface area contributed by atoms with Crippen molar-refractivity contribution in [3.8, 4) is 5.88 Å². The van der Waals surface area contributed by atoms with Gasteiger partial charge in [-0.1, -0.05) is 15.9 Å². The molecule has 0 aliphatic rings. The Morgan fingerprint density at radius 2 is 1.84 bits per heavy atom. The highest BCUT2D eigenvalue weighted by Gasteiger charge is 2.38. The fourth-order valence-corrected chi connectivity index (χ4v) is 1.65. The monoisotopic (exact) mass is 351 g/mol. The zero-order valence-electron chi connectivity index (χ0n) is 8.77. The van der Waals surface area contributed by atoms with Crippen molar-refractivity contribution in [2.75, 3.05) is 0 Å².